The van der Waals surface area contributed by atoms with Gasteiger partial charge in [0, 0.05) is 33.6 Å². The lowest BCUT2D eigenvalue weighted by Crippen LogP contribution is -2.47. The molecular weight excluding hydrogens is 514 g/mol. The van der Waals surface area contributed by atoms with E-state index in [0.29, 0.717) is 27.0 Å². The Morgan fingerprint density at radius 1 is 0.973 bits per heavy atom. The molecule has 1 saturated carbocycles. The topological polar surface area (TPSA) is 67.4 Å². The molecule has 3 aromatic rings. The summed E-state index contributed by atoms with van der Waals surface area (Å²) in [6, 6.07) is 17.5. The van der Waals surface area contributed by atoms with E-state index >= 15 is 0 Å². The van der Waals surface area contributed by atoms with Gasteiger partial charge in [-0.3, -0.25) is 9.59 Å². The average molecular weight is 541 g/mol. The number of carbonyl (C=O) groups excluding carboxylic acids is 2. The summed E-state index contributed by atoms with van der Waals surface area (Å²) < 4.78 is 20.9. The molecule has 0 spiro atoms. The number of benzene rings is 3. The van der Waals surface area contributed by atoms with E-state index in [1.54, 1.807) is 48.5 Å². The van der Waals surface area contributed by atoms with E-state index < -0.39 is 23.7 Å². The van der Waals surface area contributed by atoms with E-state index in [1.807, 2.05) is 6.07 Å². The van der Waals surface area contributed by atoms with Gasteiger partial charge in [0.05, 0.1) is 18.1 Å². The van der Waals surface area contributed by atoms with Gasteiger partial charge in [-0.2, -0.15) is 0 Å². The maximum absolute atomic E-state index is 14.6. The number of anilines is 1. The molecule has 0 bridgehead atoms. The number of carbonyl (C=O) groups is 2. The van der Waals surface area contributed by atoms with Crippen molar-refractivity contribution in [1.82, 2.24) is 5.32 Å². The minimum atomic E-state index is -0.823. The van der Waals surface area contributed by atoms with Crippen LogP contribution in [0.15, 0.2) is 66.7 Å². The van der Waals surface area contributed by atoms with Crippen LogP contribution in [0.5, 0.6) is 5.75 Å². The van der Waals surface area contributed by atoms with Crippen molar-refractivity contribution in [1.29, 1.82) is 0 Å². The second kappa shape index (κ2) is 11.1. The molecule has 3 aromatic carbocycles. The summed E-state index contributed by atoms with van der Waals surface area (Å²) in [7, 11) is 0. The number of piperidine rings is 1. The van der Waals surface area contributed by atoms with Crippen LogP contribution in [0.3, 0.4) is 0 Å². The molecule has 3 atom stereocenters. The SMILES string of the molecule is O=C1C[C@@H](c2cccc(Cl)c2)C(C(=O)Nc2cccc(Cl)c2)[C@@H](c2cc(F)ccc2OC2CCCC2)N1. The monoisotopic (exact) mass is 540 g/mol. The van der Waals surface area contributed by atoms with Crippen molar-refractivity contribution in [3.05, 3.63) is 93.7 Å². The predicted molar refractivity (Wildman–Crippen MR) is 143 cm³/mol. The van der Waals surface area contributed by atoms with Gasteiger partial charge in [-0.1, -0.05) is 41.4 Å². The van der Waals surface area contributed by atoms with Crippen molar-refractivity contribution < 1.29 is 18.7 Å². The van der Waals surface area contributed by atoms with Gasteiger partial charge < -0.3 is 15.4 Å². The first kappa shape index (κ1) is 25.6. The maximum Gasteiger partial charge on any atom is 0.230 e. The van der Waals surface area contributed by atoms with E-state index in [0.717, 1.165) is 31.2 Å². The van der Waals surface area contributed by atoms with Crippen LogP contribution in [-0.2, 0) is 9.59 Å². The summed E-state index contributed by atoms with van der Waals surface area (Å²) >= 11 is 12.4. The molecule has 8 heteroatoms. The molecule has 37 heavy (non-hydrogen) atoms. The molecule has 2 fully saturated rings. The first-order chi connectivity index (χ1) is 17.9. The molecule has 1 aliphatic carbocycles. The van der Waals surface area contributed by atoms with Crippen molar-refractivity contribution >= 4 is 40.7 Å². The summed E-state index contributed by atoms with van der Waals surface area (Å²) in [4.78, 5) is 26.9. The summed E-state index contributed by atoms with van der Waals surface area (Å²) in [5, 5.41) is 6.89. The first-order valence-corrected chi connectivity index (χ1v) is 13.2. The highest BCUT2D eigenvalue weighted by molar-refractivity contribution is 6.31. The van der Waals surface area contributed by atoms with Gasteiger partial charge in [0.2, 0.25) is 11.8 Å². The van der Waals surface area contributed by atoms with Crippen molar-refractivity contribution in [3.63, 3.8) is 0 Å². The number of ether oxygens (including phenoxy) is 1. The van der Waals surface area contributed by atoms with Crippen LogP contribution in [0.25, 0.3) is 0 Å². The predicted octanol–water partition coefficient (Wildman–Crippen LogP) is 7.05. The number of hydrogen-bond acceptors (Lipinski definition) is 3. The number of halogens is 3. The third-order valence-corrected chi connectivity index (χ3v) is 7.56. The van der Waals surface area contributed by atoms with Gasteiger partial charge in [0.15, 0.2) is 0 Å². The largest absolute Gasteiger partial charge is 0.490 e. The van der Waals surface area contributed by atoms with Gasteiger partial charge >= 0.3 is 0 Å². The second-order valence-corrected chi connectivity index (χ2v) is 10.5. The highest BCUT2D eigenvalue weighted by Gasteiger charge is 2.44. The zero-order chi connectivity index (χ0) is 25.9. The minimum absolute atomic E-state index is 0.0194. The number of hydrogen-bond donors (Lipinski definition) is 2. The summed E-state index contributed by atoms with van der Waals surface area (Å²) in [6.07, 6.45) is 4.07. The zero-order valence-corrected chi connectivity index (χ0v) is 21.6. The molecule has 1 saturated heterocycles. The molecule has 2 N–H and O–H groups in total. The standard InChI is InChI=1S/C29H27Cl2FN2O3/c30-18-6-3-5-17(13-18)23-16-26(35)34-28(27(23)29(36)33-21-8-4-7-19(31)14-21)24-15-20(32)11-12-25(24)37-22-9-1-2-10-22/h3-8,11-15,22-23,27-28H,1-2,9-10,16H2,(H,33,36)(H,34,35)/t23-,27?,28+/m0/s1. The number of rotatable bonds is 6. The first-order valence-electron chi connectivity index (χ1n) is 12.4. The molecule has 0 radical (unpaired) electrons. The lowest BCUT2D eigenvalue weighted by atomic mass is 9.73. The lowest BCUT2D eigenvalue weighted by molar-refractivity contribution is -0.129. The van der Waals surface area contributed by atoms with Crippen LogP contribution in [0.4, 0.5) is 10.1 Å². The van der Waals surface area contributed by atoms with Crippen LogP contribution < -0.4 is 15.4 Å². The molecule has 1 unspecified atom stereocenters. The van der Waals surface area contributed by atoms with E-state index in [2.05, 4.69) is 10.6 Å². The smallest absolute Gasteiger partial charge is 0.230 e. The molecule has 1 aliphatic heterocycles. The molecule has 192 valence electrons. The van der Waals surface area contributed by atoms with Gasteiger partial charge in [-0.15, -0.1) is 0 Å². The van der Waals surface area contributed by atoms with Crippen molar-refractivity contribution in [2.75, 3.05) is 5.32 Å². The van der Waals surface area contributed by atoms with Crippen molar-refractivity contribution in [2.24, 2.45) is 5.92 Å². The van der Waals surface area contributed by atoms with Gasteiger partial charge in [0.25, 0.3) is 0 Å². The van der Waals surface area contributed by atoms with E-state index in [1.165, 1.54) is 12.1 Å². The molecule has 5 rings (SSSR count). The minimum Gasteiger partial charge on any atom is -0.490 e. The fraction of sp³-hybridized carbons (Fsp3) is 0.310. The molecule has 2 aliphatic rings. The highest BCUT2D eigenvalue weighted by Crippen LogP contribution is 2.44. The third-order valence-electron chi connectivity index (χ3n) is 7.09. The van der Waals surface area contributed by atoms with Crippen LogP contribution in [0.1, 0.15) is 55.2 Å². The molecule has 5 nitrogen and oxygen atoms in total. The fourth-order valence-electron chi connectivity index (χ4n) is 5.40. The Morgan fingerprint density at radius 2 is 1.70 bits per heavy atom. The molecule has 1 heterocycles. The fourth-order valence-corrected chi connectivity index (χ4v) is 5.79. The maximum atomic E-state index is 14.6. The third kappa shape index (κ3) is 5.91. The summed E-state index contributed by atoms with van der Waals surface area (Å²) in [6.45, 7) is 0. The highest BCUT2D eigenvalue weighted by atomic mass is 35.5. The molecular formula is C29H27Cl2FN2O3. The van der Waals surface area contributed by atoms with E-state index in [4.69, 9.17) is 27.9 Å². The van der Waals surface area contributed by atoms with Crippen LogP contribution in [0, 0.1) is 11.7 Å². The molecule has 0 aromatic heterocycles. The summed E-state index contributed by atoms with van der Waals surface area (Å²) in [5.74, 6) is -1.83. The van der Waals surface area contributed by atoms with Crippen LogP contribution >= 0.6 is 23.2 Å². The Balaban J connectivity index is 1.58. The Labute approximate surface area is 225 Å². The van der Waals surface area contributed by atoms with Gasteiger partial charge in [0.1, 0.15) is 11.6 Å². The Hall–Kier alpha value is -3.09. The van der Waals surface area contributed by atoms with E-state index in [-0.39, 0.29) is 24.3 Å². The Kier molecular flexibility index (Phi) is 7.68. The number of amides is 2. The van der Waals surface area contributed by atoms with Crippen molar-refractivity contribution in [3.8, 4) is 5.75 Å². The zero-order valence-electron chi connectivity index (χ0n) is 20.1. The lowest BCUT2D eigenvalue weighted by Gasteiger charge is -2.39. The molecule has 2 amide bonds. The Bertz CT molecular complexity index is 1310. The Morgan fingerprint density at radius 3 is 2.43 bits per heavy atom. The van der Waals surface area contributed by atoms with Gasteiger partial charge in [-0.25, -0.2) is 4.39 Å². The average Bonchev–Trinajstić information content (AvgIpc) is 3.38. The second-order valence-electron chi connectivity index (χ2n) is 9.64. The van der Waals surface area contributed by atoms with Gasteiger partial charge in [-0.05, 0) is 79.8 Å². The number of nitrogens with one attached hydrogen (secondary N) is 2. The quantitative estimate of drug-likeness (QED) is 0.351. The van der Waals surface area contributed by atoms with E-state index in [9.17, 15) is 14.0 Å². The van der Waals surface area contributed by atoms with Crippen LogP contribution in [0.2, 0.25) is 10.0 Å². The summed E-state index contributed by atoms with van der Waals surface area (Å²) in [5.41, 5.74) is 1.73. The van der Waals surface area contributed by atoms with Crippen LogP contribution in [-0.4, -0.2) is 17.9 Å². The van der Waals surface area contributed by atoms with Crippen molar-refractivity contribution in [2.45, 2.75) is 50.2 Å². The normalized spacial score (nSPS) is 21.9.